The van der Waals surface area contributed by atoms with Gasteiger partial charge in [0.05, 0.1) is 16.8 Å². The minimum absolute atomic E-state index is 0.0673. The summed E-state index contributed by atoms with van der Waals surface area (Å²) in [6.07, 6.45) is 10.8. The number of rotatable bonds is 5. The van der Waals surface area contributed by atoms with Crippen LogP contribution < -0.4 is 11.1 Å². The molecule has 1 saturated heterocycles. The van der Waals surface area contributed by atoms with Crippen LogP contribution in [-0.4, -0.2) is 26.8 Å². The van der Waals surface area contributed by atoms with Crippen LogP contribution in [0.3, 0.4) is 0 Å². The molecule has 3 unspecified atom stereocenters. The van der Waals surface area contributed by atoms with Crippen LogP contribution in [0, 0.1) is 12.8 Å². The summed E-state index contributed by atoms with van der Waals surface area (Å²) in [6, 6.07) is 8.43. The first-order valence-corrected chi connectivity index (χ1v) is 14.0. The van der Waals surface area contributed by atoms with Gasteiger partial charge in [0.2, 0.25) is 0 Å². The monoisotopic (exact) mass is 476 g/mol. The lowest BCUT2D eigenvalue weighted by molar-refractivity contribution is 0.353. The van der Waals surface area contributed by atoms with Crippen LogP contribution in [0.25, 0.3) is 0 Å². The SMILES string of the molecule is Cc1c(C2CCC(Cc3ccc(N)cc3)C2)nn(C(C)(C)C)c1NC1(C)C=C2CSCC2=CC1. The molecule has 3 N–H and O–H groups in total. The highest BCUT2D eigenvalue weighted by Gasteiger charge is 2.35. The minimum atomic E-state index is -0.0737. The molecule has 4 nitrogen and oxygen atoms in total. The average Bonchev–Trinajstić information content (AvgIpc) is 3.49. The predicted molar refractivity (Wildman–Crippen MR) is 147 cm³/mol. The molecule has 3 atom stereocenters. The van der Waals surface area contributed by atoms with Crippen LogP contribution in [0.4, 0.5) is 11.5 Å². The van der Waals surface area contributed by atoms with Crippen LogP contribution in [-0.2, 0) is 12.0 Å². The Balaban J connectivity index is 1.38. The summed E-state index contributed by atoms with van der Waals surface area (Å²) in [5, 5.41) is 9.25. The summed E-state index contributed by atoms with van der Waals surface area (Å²) in [5.74, 6) is 4.77. The molecule has 0 bridgehead atoms. The van der Waals surface area contributed by atoms with Crippen molar-refractivity contribution in [2.75, 3.05) is 22.6 Å². The number of nitrogens with two attached hydrogens (primary N) is 1. The van der Waals surface area contributed by atoms with Gasteiger partial charge < -0.3 is 11.1 Å². The lowest BCUT2D eigenvalue weighted by atomic mass is 9.86. The quantitative estimate of drug-likeness (QED) is 0.464. The lowest BCUT2D eigenvalue weighted by Gasteiger charge is -2.34. The minimum Gasteiger partial charge on any atom is -0.399 e. The van der Waals surface area contributed by atoms with Gasteiger partial charge in [0.25, 0.3) is 0 Å². The summed E-state index contributed by atoms with van der Waals surface area (Å²) in [5.41, 5.74) is 13.7. The Hall–Kier alpha value is -2.14. The summed E-state index contributed by atoms with van der Waals surface area (Å²) in [4.78, 5) is 0. The molecule has 34 heavy (non-hydrogen) atoms. The molecule has 2 fully saturated rings. The number of hydrogen-bond donors (Lipinski definition) is 2. The molecular formula is C29H40N4S. The van der Waals surface area contributed by atoms with Gasteiger partial charge in [0, 0.05) is 28.7 Å². The first kappa shape index (κ1) is 23.6. The first-order valence-electron chi connectivity index (χ1n) is 12.8. The molecule has 3 aliphatic rings. The van der Waals surface area contributed by atoms with Crippen molar-refractivity contribution in [2.24, 2.45) is 5.92 Å². The third-order valence-electron chi connectivity index (χ3n) is 7.82. The Morgan fingerprint density at radius 3 is 2.62 bits per heavy atom. The fraction of sp³-hybridized carbons (Fsp3) is 0.552. The van der Waals surface area contributed by atoms with E-state index in [0.717, 1.165) is 24.3 Å². The molecule has 1 aliphatic heterocycles. The fourth-order valence-corrected chi connectivity index (χ4v) is 7.06. The van der Waals surface area contributed by atoms with E-state index in [1.807, 2.05) is 23.9 Å². The van der Waals surface area contributed by atoms with Crippen LogP contribution in [0.1, 0.15) is 76.1 Å². The number of nitrogens with zero attached hydrogens (tertiary/aromatic N) is 2. The van der Waals surface area contributed by atoms with Crippen molar-refractivity contribution in [2.45, 2.75) is 83.7 Å². The summed E-state index contributed by atoms with van der Waals surface area (Å²) in [6.45, 7) is 11.4. The highest BCUT2D eigenvalue weighted by Crippen LogP contribution is 2.44. The zero-order valence-corrected chi connectivity index (χ0v) is 22.3. The second kappa shape index (κ2) is 8.82. The maximum Gasteiger partial charge on any atom is 0.128 e. The Labute approximate surface area is 209 Å². The van der Waals surface area contributed by atoms with Gasteiger partial charge in [0.1, 0.15) is 5.82 Å². The molecule has 1 saturated carbocycles. The van der Waals surface area contributed by atoms with Crippen molar-refractivity contribution >= 4 is 23.3 Å². The van der Waals surface area contributed by atoms with Gasteiger partial charge in [0.15, 0.2) is 0 Å². The van der Waals surface area contributed by atoms with Crippen molar-refractivity contribution < 1.29 is 0 Å². The maximum atomic E-state index is 5.88. The molecule has 5 rings (SSSR count). The molecule has 2 heterocycles. The Morgan fingerprint density at radius 2 is 1.88 bits per heavy atom. The Kier molecular flexibility index (Phi) is 6.12. The highest BCUT2D eigenvalue weighted by molar-refractivity contribution is 8.00. The van der Waals surface area contributed by atoms with Gasteiger partial charge >= 0.3 is 0 Å². The van der Waals surface area contributed by atoms with Crippen molar-refractivity contribution in [1.82, 2.24) is 9.78 Å². The first-order chi connectivity index (χ1) is 16.1. The molecule has 2 aromatic rings. The predicted octanol–water partition coefficient (Wildman–Crippen LogP) is 6.83. The molecule has 1 aromatic carbocycles. The van der Waals surface area contributed by atoms with E-state index >= 15 is 0 Å². The molecule has 1 aromatic heterocycles. The summed E-state index contributed by atoms with van der Waals surface area (Å²) < 4.78 is 2.26. The largest absolute Gasteiger partial charge is 0.399 e. The molecule has 5 heteroatoms. The number of anilines is 2. The van der Waals surface area contributed by atoms with Gasteiger partial charge in [-0.3, -0.25) is 0 Å². The normalized spacial score (nSPS) is 26.9. The van der Waals surface area contributed by atoms with Crippen LogP contribution in [0.2, 0.25) is 0 Å². The van der Waals surface area contributed by atoms with E-state index in [4.69, 9.17) is 10.8 Å². The van der Waals surface area contributed by atoms with Gasteiger partial charge in [-0.05, 0) is 101 Å². The fourth-order valence-electron chi connectivity index (χ4n) is 5.95. The van der Waals surface area contributed by atoms with Crippen LogP contribution >= 0.6 is 11.8 Å². The van der Waals surface area contributed by atoms with E-state index in [9.17, 15) is 0 Å². The van der Waals surface area contributed by atoms with E-state index in [2.05, 4.69) is 68.9 Å². The Morgan fingerprint density at radius 1 is 1.15 bits per heavy atom. The third-order valence-corrected chi connectivity index (χ3v) is 8.85. The number of thioether (sulfide) groups is 1. The second-order valence-corrected chi connectivity index (χ2v) is 12.9. The molecule has 0 radical (unpaired) electrons. The van der Waals surface area contributed by atoms with Gasteiger partial charge in [-0.25, -0.2) is 4.68 Å². The van der Waals surface area contributed by atoms with Crippen LogP contribution in [0.5, 0.6) is 0 Å². The van der Waals surface area contributed by atoms with Gasteiger partial charge in [-0.1, -0.05) is 24.3 Å². The number of hydrogen-bond acceptors (Lipinski definition) is 4. The molecule has 2 aliphatic carbocycles. The highest BCUT2D eigenvalue weighted by atomic mass is 32.2. The number of nitrogen functional groups attached to an aromatic ring is 1. The topological polar surface area (TPSA) is 55.9 Å². The lowest BCUT2D eigenvalue weighted by Crippen LogP contribution is -2.37. The van der Waals surface area contributed by atoms with E-state index in [1.54, 1.807) is 5.57 Å². The zero-order chi connectivity index (χ0) is 24.1. The van der Waals surface area contributed by atoms with E-state index in [-0.39, 0.29) is 11.1 Å². The van der Waals surface area contributed by atoms with Crippen molar-refractivity contribution in [3.63, 3.8) is 0 Å². The standard InChI is InChI=1S/C29H40N4S/c1-19-26(22-9-6-21(15-22)14-20-7-10-25(30)11-8-20)32-33(28(2,3)4)27(19)31-29(5)13-12-23-17-34-18-24(23)16-29/h7-8,10-12,16,21-22,31H,6,9,13-15,17-18,30H2,1-5H3. The number of aromatic nitrogens is 2. The molecule has 0 amide bonds. The summed E-state index contributed by atoms with van der Waals surface area (Å²) >= 11 is 2.03. The maximum absolute atomic E-state index is 5.88. The second-order valence-electron chi connectivity index (χ2n) is 11.9. The number of fused-ring (bicyclic) bond motifs is 1. The van der Waals surface area contributed by atoms with E-state index in [1.165, 1.54) is 53.2 Å². The molecular weight excluding hydrogens is 436 g/mol. The number of benzene rings is 1. The summed E-state index contributed by atoms with van der Waals surface area (Å²) in [7, 11) is 0. The molecule has 182 valence electrons. The van der Waals surface area contributed by atoms with E-state index in [0.29, 0.717) is 11.8 Å². The van der Waals surface area contributed by atoms with Gasteiger partial charge in [-0.2, -0.15) is 16.9 Å². The van der Waals surface area contributed by atoms with Crippen molar-refractivity contribution in [3.8, 4) is 0 Å². The molecule has 0 spiro atoms. The smallest absolute Gasteiger partial charge is 0.128 e. The van der Waals surface area contributed by atoms with Crippen LogP contribution in [0.15, 0.2) is 47.6 Å². The zero-order valence-electron chi connectivity index (χ0n) is 21.4. The Bertz CT molecular complexity index is 1120. The van der Waals surface area contributed by atoms with Crippen molar-refractivity contribution in [3.05, 3.63) is 64.4 Å². The van der Waals surface area contributed by atoms with Crippen molar-refractivity contribution in [1.29, 1.82) is 0 Å². The van der Waals surface area contributed by atoms with E-state index < -0.39 is 0 Å². The number of nitrogens with one attached hydrogen (secondary N) is 1. The van der Waals surface area contributed by atoms with Gasteiger partial charge in [-0.15, -0.1) is 0 Å². The third kappa shape index (κ3) is 4.68. The average molecular weight is 477 g/mol.